The van der Waals surface area contributed by atoms with Crippen molar-refractivity contribution in [3.63, 3.8) is 0 Å². The molecule has 2 amide bonds. The van der Waals surface area contributed by atoms with Crippen LogP contribution in [0.25, 0.3) is 0 Å². The average Bonchev–Trinajstić information content (AvgIpc) is 2.63. The molecule has 0 spiro atoms. The third kappa shape index (κ3) is 6.13. The van der Waals surface area contributed by atoms with Gasteiger partial charge in [0.1, 0.15) is 11.8 Å². The summed E-state index contributed by atoms with van der Waals surface area (Å²) in [5.74, 6) is -0.136. The largest absolute Gasteiger partial charge is 0.508 e. The second-order valence-corrected chi connectivity index (χ2v) is 7.33. The van der Waals surface area contributed by atoms with Crippen LogP contribution in [-0.2, 0) is 16.0 Å². The summed E-state index contributed by atoms with van der Waals surface area (Å²) in [5.41, 5.74) is 2.74. The summed E-state index contributed by atoms with van der Waals surface area (Å²) < 4.78 is 0. The molecule has 0 aliphatic carbocycles. The Morgan fingerprint density at radius 2 is 1.48 bits per heavy atom. The zero-order chi connectivity index (χ0) is 20.0. The monoisotopic (exact) mass is 368 g/mol. The van der Waals surface area contributed by atoms with Gasteiger partial charge < -0.3 is 15.7 Å². The minimum absolute atomic E-state index is 0.127. The van der Waals surface area contributed by atoms with Gasteiger partial charge in [0, 0.05) is 5.69 Å². The first kappa shape index (κ1) is 20.5. The molecule has 0 radical (unpaired) electrons. The standard InChI is InChI=1S/C22H28N2O3/c1-14(2)13-17-5-7-18(8-6-17)15(3)21(26)23-16(4)22(27)24-19-9-11-20(25)12-10-19/h5-12,14-16,25H,13H2,1-4H3,(H,23,26)(H,24,27). The van der Waals surface area contributed by atoms with E-state index in [4.69, 9.17) is 0 Å². The van der Waals surface area contributed by atoms with Crippen LogP contribution in [-0.4, -0.2) is 23.0 Å². The fraction of sp³-hybridized carbons (Fsp3) is 0.364. The van der Waals surface area contributed by atoms with Gasteiger partial charge in [-0.3, -0.25) is 9.59 Å². The summed E-state index contributed by atoms with van der Waals surface area (Å²) in [5, 5.41) is 14.7. The molecule has 2 unspecified atom stereocenters. The number of amides is 2. The molecule has 27 heavy (non-hydrogen) atoms. The van der Waals surface area contributed by atoms with E-state index >= 15 is 0 Å². The van der Waals surface area contributed by atoms with E-state index in [9.17, 15) is 14.7 Å². The number of carbonyl (C=O) groups is 2. The zero-order valence-electron chi connectivity index (χ0n) is 16.3. The molecule has 0 bridgehead atoms. The van der Waals surface area contributed by atoms with Crippen LogP contribution in [0.4, 0.5) is 5.69 Å². The first-order valence-electron chi connectivity index (χ1n) is 9.25. The Morgan fingerprint density at radius 1 is 0.889 bits per heavy atom. The quantitative estimate of drug-likeness (QED) is 0.650. The SMILES string of the molecule is CC(C)Cc1ccc(C(C)C(=O)NC(C)C(=O)Nc2ccc(O)cc2)cc1. The summed E-state index contributed by atoms with van der Waals surface area (Å²) in [6, 6.07) is 13.6. The van der Waals surface area contributed by atoms with E-state index in [1.54, 1.807) is 19.1 Å². The maximum absolute atomic E-state index is 12.5. The lowest BCUT2D eigenvalue weighted by Crippen LogP contribution is -2.43. The Bertz CT molecular complexity index is 767. The van der Waals surface area contributed by atoms with Gasteiger partial charge in [-0.25, -0.2) is 0 Å². The Labute approximate surface area is 160 Å². The normalized spacial score (nSPS) is 13.1. The predicted molar refractivity (Wildman–Crippen MR) is 108 cm³/mol. The number of hydrogen-bond acceptors (Lipinski definition) is 3. The Balaban J connectivity index is 1.92. The molecule has 3 N–H and O–H groups in total. The van der Waals surface area contributed by atoms with Crippen LogP contribution in [0.3, 0.4) is 0 Å². The molecular weight excluding hydrogens is 340 g/mol. The van der Waals surface area contributed by atoms with E-state index < -0.39 is 6.04 Å². The molecule has 5 nitrogen and oxygen atoms in total. The van der Waals surface area contributed by atoms with Gasteiger partial charge in [0.2, 0.25) is 11.8 Å². The first-order chi connectivity index (χ1) is 12.8. The highest BCUT2D eigenvalue weighted by Crippen LogP contribution is 2.18. The highest BCUT2D eigenvalue weighted by molar-refractivity contribution is 5.97. The van der Waals surface area contributed by atoms with Gasteiger partial charge in [0.25, 0.3) is 0 Å². The topological polar surface area (TPSA) is 78.4 Å². The van der Waals surface area contributed by atoms with Crippen molar-refractivity contribution in [1.82, 2.24) is 5.32 Å². The van der Waals surface area contributed by atoms with Crippen molar-refractivity contribution in [1.29, 1.82) is 0 Å². The molecule has 144 valence electrons. The van der Waals surface area contributed by atoms with Crippen LogP contribution < -0.4 is 10.6 Å². The van der Waals surface area contributed by atoms with Crippen LogP contribution in [0.5, 0.6) is 5.75 Å². The molecule has 0 fully saturated rings. The van der Waals surface area contributed by atoms with Crippen molar-refractivity contribution >= 4 is 17.5 Å². The number of anilines is 1. The van der Waals surface area contributed by atoms with Crippen LogP contribution in [0.1, 0.15) is 44.7 Å². The number of benzene rings is 2. The second kappa shape index (κ2) is 9.21. The van der Waals surface area contributed by atoms with E-state index in [-0.39, 0.29) is 23.5 Å². The number of carbonyl (C=O) groups excluding carboxylic acids is 2. The van der Waals surface area contributed by atoms with E-state index in [2.05, 4.69) is 36.6 Å². The predicted octanol–water partition coefficient (Wildman–Crippen LogP) is 3.84. The van der Waals surface area contributed by atoms with Gasteiger partial charge in [-0.2, -0.15) is 0 Å². The third-order valence-corrected chi connectivity index (χ3v) is 4.40. The maximum Gasteiger partial charge on any atom is 0.246 e. The first-order valence-corrected chi connectivity index (χ1v) is 9.25. The fourth-order valence-corrected chi connectivity index (χ4v) is 2.76. The van der Waals surface area contributed by atoms with Crippen molar-refractivity contribution < 1.29 is 14.7 Å². The van der Waals surface area contributed by atoms with E-state index in [0.29, 0.717) is 11.6 Å². The maximum atomic E-state index is 12.5. The molecule has 0 aromatic heterocycles. The van der Waals surface area contributed by atoms with Gasteiger partial charge in [0.05, 0.1) is 5.92 Å². The van der Waals surface area contributed by atoms with Gasteiger partial charge >= 0.3 is 0 Å². The van der Waals surface area contributed by atoms with E-state index in [1.807, 2.05) is 19.1 Å². The molecule has 5 heteroatoms. The summed E-state index contributed by atoms with van der Waals surface area (Å²) in [7, 11) is 0. The van der Waals surface area contributed by atoms with Crippen LogP contribution in [0.2, 0.25) is 0 Å². The van der Waals surface area contributed by atoms with Crippen LogP contribution >= 0.6 is 0 Å². The van der Waals surface area contributed by atoms with Gasteiger partial charge in [0.15, 0.2) is 0 Å². The molecule has 0 aliphatic heterocycles. The molecule has 2 atom stereocenters. The lowest BCUT2D eigenvalue weighted by molar-refractivity contribution is -0.126. The lowest BCUT2D eigenvalue weighted by atomic mass is 9.96. The van der Waals surface area contributed by atoms with Crippen molar-refractivity contribution in [3.05, 3.63) is 59.7 Å². The van der Waals surface area contributed by atoms with Crippen LogP contribution in [0.15, 0.2) is 48.5 Å². The number of aromatic hydroxyl groups is 1. The molecule has 2 rings (SSSR count). The molecule has 2 aromatic rings. The Kier molecular flexibility index (Phi) is 6.99. The fourth-order valence-electron chi connectivity index (χ4n) is 2.76. The lowest BCUT2D eigenvalue weighted by Gasteiger charge is -2.18. The van der Waals surface area contributed by atoms with Gasteiger partial charge in [-0.1, -0.05) is 38.1 Å². The molecule has 0 aliphatic rings. The minimum atomic E-state index is -0.672. The average molecular weight is 368 g/mol. The number of hydrogen-bond donors (Lipinski definition) is 3. The highest BCUT2D eigenvalue weighted by atomic mass is 16.3. The number of phenolic OH excluding ortho intramolecular Hbond substituents is 1. The van der Waals surface area contributed by atoms with Crippen molar-refractivity contribution in [2.24, 2.45) is 5.92 Å². The van der Waals surface area contributed by atoms with E-state index in [0.717, 1.165) is 12.0 Å². The van der Waals surface area contributed by atoms with Crippen LogP contribution in [0, 0.1) is 5.92 Å². The zero-order valence-corrected chi connectivity index (χ0v) is 16.3. The summed E-state index contributed by atoms with van der Waals surface area (Å²) in [4.78, 5) is 24.7. The molecule has 0 saturated carbocycles. The Morgan fingerprint density at radius 3 is 2.04 bits per heavy atom. The third-order valence-electron chi connectivity index (χ3n) is 4.40. The number of rotatable bonds is 7. The second-order valence-electron chi connectivity index (χ2n) is 7.33. The smallest absolute Gasteiger partial charge is 0.246 e. The molecule has 2 aromatic carbocycles. The molecule has 0 heterocycles. The van der Waals surface area contributed by atoms with Gasteiger partial charge in [-0.05, 0) is 61.6 Å². The van der Waals surface area contributed by atoms with E-state index in [1.165, 1.54) is 17.7 Å². The number of nitrogens with one attached hydrogen (secondary N) is 2. The summed E-state index contributed by atoms with van der Waals surface area (Å²) in [6.45, 7) is 7.83. The highest BCUT2D eigenvalue weighted by Gasteiger charge is 2.21. The van der Waals surface area contributed by atoms with Crippen molar-refractivity contribution in [3.8, 4) is 5.75 Å². The van der Waals surface area contributed by atoms with Crippen molar-refractivity contribution in [2.75, 3.05) is 5.32 Å². The summed E-state index contributed by atoms with van der Waals surface area (Å²) in [6.07, 6.45) is 1.01. The van der Waals surface area contributed by atoms with Gasteiger partial charge in [-0.15, -0.1) is 0 Å². The molecule has 0 saturated heterocycles. The minimum Gasteiger partial charge on any atom is -0.508 e. The molecular formula is C22H28N2O3. The Hall–Kier alpha value is -2.82. The van der Waals surface area contributed by atoms with Crippen molar-refractivity contribution in [2.45, 2.75) is 46.1 Å². The number of phenols is 1. The summed E-state index contributed by atoms with van der Waals surface area (Å²) >= 11 is 0.